The first-order valence-corrected chi connectivity index (χ1v) is 6.86. The SMILES string of the molecule is OC(C1=CC2CCC1C2)C12C=CC(CC1)C2. The van der Waals surface area contributed by atoms with Crippen LogP contribution in [0.3, 0.4) is 0 Å². The fourth-order valence-electron chi connectivity index (χ4n) is 4.65. The van der Waals surface area contributed by atoms with E-state index in [-0.39, 0.29) is 11.5 Å². The second kappa shape index (κ2) is 3.01. The summed E-state index contributed by atoms with van der Waals surface area (Å²) in [5.74, 6) is 2.30. The fraction of sp³-hybridized carbons (Fsp3) is 0.733. The number of hydrogen-bond donors (Lipinski definition) is 1. The molecule has 0 aliphatic heterocycles. The lowest BCUT2D eigenvalue weighted by Gasteiger charge is -2.33. The van der Waals surface area contributed by atoms with Gasteiger partial charge in [-0.2, -0.15) is 0 Å². The summed E-state index contributed by atoms with van der Waals surface area (Å²) < 4.78 is 0. The summed E-state index contributed by atoms with van der Waals surface area (Å²) in [6, 6.07) is 0. The van der Waals surface area contributed by atoms with Crippen LogP contribution in [0.2, 0.25) is 0 Å². The van der Waals surface area contributed by atoms with Gasteiger partial charge in [0.05, 0.1) is 6.10 Å². The molecule has 4 rings (SSSR count). The third kappa shape index (κ3) is 1.10. The van der Waals surface area contributed by atoms with Gasteiger partial charge in [-0.3, -0.25) is 0 Å². The molecule has 2 fully saturated rings. The molecule has 0 aromatic rings. The third-order valence-electron chi connectivity index (χ3n) is 5.56. The first-order chi connectivity index (χ1) is 7.77. The standard InChI is InChI=1S/C15H20O/c16-14(13-8-11-1-2-12(13)7-11)15-5-3-10(9-15)4-6-15/h3,5,8,10-12,14,16H,1-2,4,6-7,9H2. The second-order valence-electron chi connectivity index (χ2n) is 6.43. The average molecular weight is 216 g/mol. The quantitative estimate of drug-likeness (QED) is 0.703. The molecule has 1 heteroatoms. The van der Waals surface area contributed by atoms with Crippen LogP contribution >= 0.6 is 0 Å². The highest BCUT2D eigenvalue weighted by Crippen LogP contribution is 2.56. The molecular formula is C15H20O. The predicted molar refractivity (Wildman–Crippen MR) is 63.8 cm³/mol. The maximum absolute atomic E-state index is 10.7. The summed E-state index contributed by atoms with van der Waals surface area (Å²) in [6.07, 6.45) is 14.7. The Morgan fingerprint density at radius 3 is 2.69 bits per heavy atom. The van der Waals surface area contributed by atoms with Crippen LogP contribution in [0.4, 0.5) is 0 Å². The van der Waals surface area contributed by atoms with Gasteiger partial charge in [-0.1, -0.05) is 18.2 Å². The molecule has 4 aliphatic rings. The van der Waals surface area contributed by atoms with Crippen molar-refractivity contribution in [2.45, 2.75) is 44.6 Å². The van der Waals surface area contributed by atoms with E-state index in [1.54, 1.807) is 0 Å². The van der Waals surface area contributed by atoms with Crippen molar-refractivity contribution in [3.63, 3.8) is 0 Å². The van der Waals surface area contributed by atoms with Crippen LogP contribution in [-0.2, 0) is 0 Å². The van der Waals surface area contributed by atoms with Crippen LogP contribution < -0.4 is 0 Å². The van der Waals surface area contributed by atoms with Crippen molar-refractivity contribution in [2.24, 2.45) is 23.2 Å². The van der Waals surface area contributed by atoms with E-state index in [9.17, 15) is 5.11 Å². The second-order valence-corrected chi connectivity index (χ2v) is 6.43. The zero-order valence-electron chi connectivity index (χ0n) is 9.73. The summed E-state index contributed by atoms with van der Waals surface area (Å²) in [5, 5.41) is 10.7. The molecule has 0 heterocycles. The first kappa shape index (κ1) is 9.47. The molecule has 5 unspecified atom stereocenters. The molecule has 0 radical (unpaired) electrons. The lowest BCUT2D eigenvalue weighted by Crippen LogP contribution is -2.33. The van der Waals surface area contributed by atoms with Crippen molar-refractivity contribution in [1.82, 2.24) is 0 Å². The molecule has 1 N–H and O–H groups in total. The number of aliphatic hydroxyl groups is 1. The molecule has 0 aromatic heterocycles. The van der Waals surface area contributed by atoms with Crippen LogP contribution in [0.5, 0.6) is 0 Å². The van der Waals surface area contributed by atoms with Gasteiger partial charge in [0, 0.05) is 5.41 Å². The van der Waals surface area contributed by atoms with Crippen LogP contribution in [-0.4, -0.2) is 11.2 Å². The minimum absolute atomic E-state index is 0.140. The van der Waals surface area contributed by atoms with Crippen molar-refractivity contribution >= 4 is 0 Å². The average Bonchev–Trinajstić information content (AvgIpc) is 3.07. The summed E-state index contributed by atoms with van der Waals surface area (Å²) in [6.45, 7) is 0. The van der Waals surface area contributed by atoms with Crippen LogP contribution in [0.25, 0.3) is 0 Å². The van der Waals surface area contributed by atoms with E-state index in [1.807, 2.05) is 0 Å². The van der Waals surface area contributed by atoms with Gasteiger partial charge in [0.25, 0.3) is 0 Å². The molecule has 4 aliphatic carbocycles. The van der Waals surface area contributed by atoms with Gasteiger partial charge in [-0.25, -0.2) is 0 Å². The zero-order chi connectivity index (χ0) is 10.8. The largest absolute Gasteiger partial charge is 0.388 e. The van der Waals surface area contributed by atoms with Gasteiger partial charge in [0.2, 0.25) is 0 Å². The number of hydrogen-bond acceptors (Lipinski definition) is 1. The highest BCUT2D eigenvalue weighted by Gasteiger charge is 2.49. The summed E-state index contributed by atoms with van der Waals surface area (Å²) >= 11 is 0. The monoisotopic (exact) mass is 216 g/mol. The Bertz CT molecular complexity index is 381. The van der Waals surface area contributed by atoms with E-state index in [1.165, 1.54) is 44.1 Å². The van der Waals surface area contributed by atoms with Crippen LogP contribution in [0, 0.1) is 23.2 Å². The molecular weight excluding hydrogens is 196 g/mol. The zero-order valence-corrected chi connectivity index (χ0v) is 9.73. The minimum Gasteiger partial charge on any atom is -0.388 e. The molecule has 0 amide bonds. The third-order valence-corrected chi connectivity index (χ3v) is 5.56. The molecule has 2 saturated carbocycles. The number of fused-ring (bicyclic) bond motifs is 4. The minimum atomic E-state index is -0.161. The van der Waals surface area contributed by atoms with Gasteiger partial charge in [-0.05, 0) is 61.9 Å². The Morgan fingerprint density at radius 1 is 1.25 bits per heavy atom. The van der Waals surface area contributed by atoms with Gasteiger partial charge in [-0.15, -0.1) is 0 Å². The first-order valence-electron chi connectivity index (χ1n) is 6.86. The van der Waals surface area contributed by atoms with Crippen molar-refractivity contribution in [3.8, 4) is 0 Å². The lowest BCUT2D eigenvalue weighted by molar-refractivity contribution is 0.0873. The molecule has 0 spiro atoms. The van der Waals surface area contributed by atoms with Gasteiger partial charge < -0.3 is 5.11 Å². The highest BCUT2D eigenvalue weighted by molar-refractivity contribution is 5.31. The molecule has 16 heavy (non-hydrogen) atoms. The smallest absolute Gasteiger partial charge is 0.0843 e. The molecule has 0 aromatic carbocycles. The highest BCUT2D eigenvalue weighted by atomic mass is 16.3. The number of allylic oxidation sites excluding steroid dienone is 2. The maximum Gasteiger partial charge on any atom is 0.0843 e. The van der Waals surface area contributed by atoms with E-state index in [2.05, 4.69) is 18.2 Å². The topological polar surface area (TPSA) is 20.2 Å². The summed E-state index contributed by atoms with van der Waals surface area (Å²) in [5.41, 5.74) is 1.55. The van der Waals surface area contributed by atoms with Crippen molar-refractivity contribution in [2.75, 3.05) is 0 Å². The molecule has 86 valence electrons. The molecule has 4 bridgehead atoms. The predicted octanol–water partition coefficient (Wildman–Crippen LogP) is 3.06. The van der Waals surface area contributed by atoms with E-state index >= 15 is 0 Å². The van der Waals surface area contributed by atoms with Crippen molar-refractivity contribution < 1.29 is 5.11 Å². The van der Waals surface area contributed by atoms with Gasteiger partial charge >= 0.3 is 0 Å². The maximum atomic E-state index is 10.7. The number of rotatable bonds is 2. The summed E-state index contributed by atoms with van der Waals surface area (Å²) in [7, 11) is 0. The van der Waals surface area contributed by atoms with Gasteiger partial charge in [0.1, 0.15) is 0 Å². The van der Waals surface area contributed by atoms with Crippen LogP contribution in [0.15, 0.2) is 23.8 Å². The fourth-order valence-corrected chi connectivity index (χ4v) is 4.65. The van der Waals surface area contributed by atoms with E-state index in [4.69, 9.17) is 0 Å². The molecule has 1 nitrogen and oxygen atoms in total. The Kier molecular flexibility index (Phi) is 1.78. The number of aliphatic hydroxyl groups excluding tert-OH is 1. The van der Waals surface area contributed by atoms with E-state index < -0.39 is 0 Å². The molecule has 0 saturated heterocycles. The Morgan fingerprint density at radius 2 is 2.19 bits per heavy atom. The lowest BCUT2D eigenvalue weighted by atomic mass is 9.75. The Labute approximate surface area is 97.2 Å². The normalized spacial score (nSPS) is 50.1. The molecule has 5 atom stereocenters. The van der Waals surface area contributed by atoms with E-state index in [0.717, 1.165) is 17.8 Å². The van der Waals surface area contributed by atoms with Gasteiger partial charge in [0.15, 0.2) is 0 Å². The Hall–Kier alpha value is -0.560. The van der Waals surface area contributed by atoms with Crippen molar-refractivity contribution in [3.05, 3.63) is 23.8 Å². The summed E-state index contributed by atoms with van der Waals surface area (Å²) in [4.78, 5) is 0. The Balaban J connectivity index is 1.64. The van der Waals surface area contributed by atoms with Crippen LogP contribution in [0.1, 0.15) is 38.5 Å². The van der Waals surface area contributed by atoms with E-state index in [0.29, 0.717) is 0 Å². The van der Waals surface area contributed by atoms with Crippen molar-refractivity contribution in [1.29, 1.82) is 0 Å².